The second kappa shape index (κ2) is 11.5. The number of allylic oxidation sites excluding steroid dienone is 1. The summed E-state index contributed by atoms with van der Waals surface area (Å²) in [5.41, 5.74) is 2.96. The Hall–Kier alpha value is -2.82. The van der Waals surface area contributed by atoms with Crippen LogP contribution in [0, 0.1) is 0 Å². The molecule has 3 aromatic rings. The summed E-state index contributed by atoms with van der Waals surface area (Å²) in [6.45, 7) is 8.76. The van der Waals surface area contributed by atoms with Crippen LogP contribution in [-0.2, 0) is 21.4 Å². The van der Waals surface area contributed by atoms with Gasteiger partial charge < -0.3 is 9.84 Å². The first kappa shape index (κ1) is 25.8. The molecule has 0 atom stereocenters. The van der Waals surface area contributed by atoms with Gasteiger partial charge in [0.15, 0.2) is 11.7 Å². The summed E-state index contributed by atoms with van der Waals surface area (Å²) in [6.07, 6.45) is 7.18. The summed E-state index contributed by atoms with van der Waals surface area (Å²) in [5.74, 6) is 2.31. The standard InChI is InChI=1S/C27H34ClN3O3/c1-5-6-7-8-9-10-13-34-21(18-32)14-19-15-22(27(2,3)4)26(33)25(16-19)31-29-23-12-11-20(28)17-24(23)30-31/h11-12,15-17,33H,5-10,13-14H2,1-4H3. The molecule has 0 fully saturated rings. The van der Waals surface area contributed by atoms with Crippen LogP contribution in [0.5, 0.6) is 5.75 Å². The van der Waals surface area contributed by atoms with E-state index in [1.54, 1.807) is 24.3 Å². The van der Waals surface area contributed by atoms with Gasteiger partial charge in [-0.2, -0.15) is 0 Å². The van der Waals surface area contributed by atoms with Crippen molar-refractivity contribution in [3.05, 3.63) is 52.2 Å². The van der Waals surface area contributed by atoms with Crippen molar-refractivity contribution in [2.24, 2.45) is 0 Å². The lowest BCUT2D eigenvalue weighted by atomic mass is 9.84. The molecule has 3 rings (SSSR count). The number of halogens is 1. The maximum atomic E-state index is 11.6. The van der Waals surface area contributed by atoms with Gasteiger partial charge in [0, 0.05) is 17.0 Å². The van der Waals surface area contributed by atoms with Crippen molar-refractivity contribution in [2.45, 2.75) is 78.1 Å². The lowest BCUT2D eigenvalue weighted by Crippen LogP contribution is -2.14. The molecule has 182 valence electrons. The SMILES string of the molecule is CCCCCCCCOC(=C=O)Cc1cc(-n2nc3ccc(Cl)cc3n2)c(O)c(C(C)(C)C)c1. The van der Waals surface area contributed by atoms with Gasteiger partial charge >= 0.3 is 0 Å². The van der Waals surface area contributed by atoms with E-state index >= 15 is 0 Å². The average Bonchev–Trinajstić information content (AvgIpc) is 3.20. The molecule has 7 heteroatoms. The normalized spacial score (nSPS) is 11.6. The van der Waals surface area contributed by atoms with E-state index in [0.717, 1.165) is 24.0 Å². The molecule has 1 heterocycles. The van der Waals surface area contributed by atoms with Gasteiger partial charge in [-0.3, -0.25) is 0 Å². The first-order chi connectivity index (χ1) is 16.2. The summed E-state index contributed by atoms with van der Waals surface area (Å²) < 4.78 is 5.74. The van der Waals surface area contributed by atoms with Crippen LogP contribution in [-0.4, -0.2) is 32.6 Å². The van der Waals surface area contributed by atoms with Crippen molar-refractivity contribution >= 4 is 28.6 Å². The van der Waals surface area contributed by atoms with Crippen molar-refractivity contribution < 1.29 is 14.6 Å². The Morgan fingerprint density at radius 1 is 1.06 bits per heavy atom. The van der Waals surface area contributed by atoms with Crippen LogP contribution in [0.2, 0.25) is 5.02 Å². The van der Waals surface area contributed by atoms with E-state index in [4.69, 9.17) is 16.3 Å². The van der Waals surface area contributed by atoms with Crippen LogP contribution in [0.4, 0.5) is 0 Å². The monoisotopic (exact) mass is 483 g/mol. The second-order valence-electron chi connectivity index (χ2n) is 9.70. The largest absolute Gasteiger partial charge is 0.505 e. The number of aromatic nitrogens is 3. The Kier molecular flexibility index (Phi) is 8.76. The van der Waals surface area contributed by atoms with Gasteiger partial charge in [-0.1, -0.05) is 77.5 Å². The number of rotatable bonds is 11. The molecule has 0 amide bonds. The smallest absolute Gasteiger partial charge is 0.183 e. The number of benzene rings is 2. The first-order valence-electron chi connectivity index (χ1n) is 12.0. The molecule has 0 aliphatic carbocycles. The highest BCUT2D eigenvalue weighted by atomic mass is 35.5. The maximum Gasteiger partial charge on any atom is 0.183 e. The highest BCUT2D eigenvalue weighted by molar-refractivity contribution is 6.31. The highest BCUT2D eigenvalue weighted by Gasteiger charge is 2.24. The molecule has 0 saturated carbocycles. The molecule has 6 nitrogen and oxygen atoms in total. The van der Waals surface area contributed by atoms with Crippen molar-refractivity contribution in [2.75, 3.05) is 6.61 Å². The van der Waals surface area contributed by atoms with E-state index in [2.05, 4.69) is 17.1 Å². The van der Waals surface area contributed by atoms with E-state index in [-0.39, 0.29) is 23.3 Å². The zero-order valence-electron chi connectivity index (χ0n) is 20.5. The highest BCUT2D eigenvalue weighted by Crippen LogP contribution is 2.37. The Labute approximate surface area is 206 Å². The Bertz CT molecular complexity index is 1170. The van der Waals surface area contributed by atoms with E-state index in [1.807, 2.05) is 32.8 Å². The number of phenolic OH excluding ortho intramolecular Hbond substituents is 1. The van der Waals surface area contributed by atoms with Crippen LogP contribution in [0.25, 0.3) is 16.7 Å². The first-order valence-corrected chi connectivity index (χ1v) is 12.4. The minimum absolute atomic E-state index is 0.104. The van der Waals surface area contributed by atoms with Crippen LogP contribution < -0.4 is 0 Å². The summed E-state index contributed by atoms with van der Waals surface area (Å²) in [4.78, 5) is 13.0. The van der Waals surface area contributed by atoms with E-state index in [9.17, 15) is 9.90 Å². The molecule has 0 spiro atoms. The molecule has 1 aromatic heterocycles. The predicted octanol–water partition coefficient (Wildman–Crippen LogP) is 6.71. The molecule has 0 saturated heterocycles. The van der Waals surface area contributed by atoms with Gasteiger partial charge in [0.05, 0.1) is 6.61 Å². The Morgan fingerprint density at radius 2 is 1.76 bits per heavy atom. The van der Waals surface area contributed by atoms with Gasteiger partial charge in [0.2, 0.25) is 0 Å². The number of unbranched alkanes of at least 4 members (excludes halogenated alkanes) is 5. The summed E-state index contributed by atoms with van der Waals surface area (Å²) in [5, 5.41) is 20.7. The second-order valence-corrected chi connectivity index (χ2v) is 10.1. The van der Waals surface area contributed by atoms with Crippen molar-refractivity contribution in [1.82, 2.24) is 15.0 Å². The molecule has 2 aromatic carbocycles. The van der Waals surface area contributed by atoms with Crippen LogP contribution >= 0.6 is 11.6 Å². The molecule has 0 unspecified atom stereocenters. The van der Waals surface area contributed by atoms with E-state index in [1.165, 1.54) is 30.5 Å². The molecular formula is C27H34ClN3O3. The van der Waals surface area contributed by atoms with Gasteiger partial charge in [0.25, 0.3) is 0 Å². The third kappa shape index (κ3) is 6.62. The van der Waals surface area contributed by atoms with E-state index in [0.29, 0.717) is 28.4 Å². The molecule has 1 N–H and O–H groups in total. The zero-order chi connectivity index (χ0) is 24.7. The summed E-state index contributed by atoms with van der Waals surface area (Å²) in [6, 6.07) is 8.97. The number of carbonyl (C=O) groups excluding carboxylic acids is 1. The van der Waals surface area contributed by atoms with Crippen molar-refractivity contribution in [3.8, 4) is 11.4 Å². The molecule has 34 heavy (non-hydrogen) atoms. The van der Waals surface area contributed by atoms with Crippen molar-refractivity contribution in [3.63, 3.8) is 0 Å². The van der Waals surface area contributed by atoms with Gasteiger partial charge in [-0.15, -0.1) is 15.0 Å². The molecule has 0 radical (unpaired) electrons. The molecular weight excluding hydrogens is 450 g/mol. The van der Waals surface area contributed by atoms with Crippen LogP contribution in [0.15, 0.2) is 36.1 Å². The fourth-order valence-corrected chi connectivity index (χ4v) is 4.05. The average molecular weight is 484 g/mol. The fourth-order valence-electron chi connectivity index (χ4n) is 3.88. The summed E-state index contributed by atoms with van der Waals surface area (Å²) in [7, 11) is 0. The number of aromatic hydroxyl groups is 1. The van der Waals surface area contributed by atoms with Crippen LogP contribution in [0.3, 0.4) is 0 Å². The zero-order valence-corrected chi connectivity index (χ0v) is 21.3. The number of fused-ring (bicyclic) bond motifs is 1. The van der Waals surface area contributed by atoms with Crippen molar-refractivity contribution in [1.29, 1.82) is 0 Å². The molecule has 0 aliphatic rings. The molecule has 0 aliphatic heterocycles. The van der Waals surface area contributed by atoms with Crippen LogP contribution in [0.1, 0.15) is 77.3 Å². The van der Waals surface area contributed by atoms with E-state index < -0.39 is 0 Å². The quantitative estimate of drug-likeness (QED) is 0.186. The minimum atomic E-state index is -0.338. The molecule has 0 bridgehead atoms. The minimum Gasteiger partial charge on any atom is -0.505 e. The Balaban J connectivity index is 1.83. The summed E-state index contributed by atoms with van der Waals surface area (Å²) >= 11 is 6.09. The number of ether oxygens (including phenoxy) is 1. The number of phenols is 1. The maximum absolute atomic E-state index is 11.6. The van der Waals surface area contributed by atoms with Gasteiger partial charge in [-0.05, 0) is 41.7 Å². The number of hydrogen-bond acceptors (Lipinski definition) is 5. The lowest BCUT2D eigenvalue weighted by Gasteiger charge is -2.23. The fraction of sp³-hybridized carbons (Fsp3) is 0.481. The third-order valence-corrected chi connectivity index (χ3v) is 6.00. The lowest BCUT2D eigenvalue weighted by molar-refractivity contribution is 0.202. The topological polar surface area (TPSA) is 77.2 Å². The Morgan fingerprint density at radius 3 is 2.47 bits per heavy atom. The van der Waals surface area contributed by atoms with Gasteiger partial charge in [0.1, 0.15) is 22.5 Å². The number of hydrogen-bond donors (Lipinski definition) is 1. The number of nitrogens with zero attached hydrogens (tertiary/aromatic N) is 3. The van der Waals surface area contributed by atoms with Gasteiger partial charge in [-0.25, -0.2) is 4.79 Å². The predicted molar refractivity (Wildman–Crippen MR) is 136 cm³/mol. The third-order valence-electron chi connectivity index (χ3n) is 5.77.